The van der Waals surface area contributed by atoms with Crippen LogP contribution in [-0.2, 0) is 0 Å². The van der Waals surface area contributed by atoms with Crippen molar-refractivity contribution < 1.29 is 4.39 Å². The lowest BCUT2D eigenvalue weighted by Crippen LogP contribution is -2.47. The molecule has 1 saturated heterocycles. The SMILES string of the molecule is Fc1cncnc1N1CCN(c2ccc(-c3cccnc3)nn2)CC1. The van der Waals surface area contributed by atoms with Crippen LogP contribution in [0.25, 0.3) is 11.3 Å². The fourth-order valence-corrected chi connectivity index (χ4v) is 2.85. The van der Waals surface area contributed by atoms with Gasteiger partial charge in [0.05, 0.1) is 11.9 Å². The molecule has 0 aliphatic carbocycles. The normalized spacial score (nSPS) is 14.6. The molecule has 0 N–H and O–H groups in total. The molecule has 3 aromatic heterocycles. The predicted octanol–water partition coefficient (Wildman–Crippen LogP) is 1.79. The summed E-state index contributed by atoms with van der Waals surface area (Å²) in [5.41, 5.74) is 1.73. The minimum Gasteiger partial charge on any atom is -0.352 e. The number of anilines is 2. The Morgan fingerprint density at radius 2 is 1.72 bits per heavy atom. The standard InChI is InChI=1S/C17H16FN7/c18-14-11-20-12-21-17(14)25-8-6-24(7-9-25)16-4-3-15(22-23-16)13-2-1-5-19-10-13/h1-5,10-12H,6-9H2. The summed E-state index contributed by atoms with van der Waals surface area (Å²) in [4.78, 5) is 15.9. The third-order valence-corrected chi connectivity index (χ3v) is 4.16. The fourth-order valence-electron chi connectivity index (χ4n) is 2.85. The molecular formula is C17H16FN7. The van der Waals surface area contributed by atoms with E-state index in [4.69, 9.17) is 0 Å². The van der Waals surface area contributed by atoms with Crippen LogP contribution in [0.1, 0.15) is 0 Å². The second-order valence-electron chi connectivity index (χ2n) is 5.69. The summed E-state index contributed by atoms with van der Waals surface area (Å²) in [6.07, 6.45) is 6.05. The van der Waals surface area contributed by atoms with Crippen LogP contribution in [0.4, 0.5) is 16.0 Å². The molecule has 0 unspecified atom stereocenters. The molecular weight excluding hydrogens is 321 g/mol. The molecule has 1 aliphatic rings. The van der Waals surface area contributed by atoms with Crippen LogP contribution in [-0.4, -0.2) is 51.3 Å². The highest BCUT2D eigenvalue weighted by atomic mass is 19.1. The molecule has 25 heavy (non-hydrogen) atoms. The molecule has 0 atom stereocenters. The molecule has 0 spiro atoms. The van der Waals surface area contributed by atoms with Crippen molar-refractivity contribution in [2.45, 2.75) is 0 Å². The van der Waals surface area contributed by atoms with E-state index in [1.165, 1.54) is 12.5 Å². The van der Waals surface area contributed by atoms with Gasteiger partial charge in [-0.15, -0.1) is 10.2 Å². The molecule has 0 radical (unpaired) electrons. The average molecular weight is 337 g/mol. The molecule has 4 rings (SSSR count). The number of piperazine rings is 1. The van der Waals surface area contributed by atoms with Gasteiger partial charge in [-0.05, 0) is 24.3 Å². The maximum absolute atomic E-state index is 13.8. The minimum absolute atomic E-state index is 0.354. The summed E-state index contributed by atoms with van der Waals surface area (Å²) < 4.78 is 13.8. The summed E-state index contributed by atoms with van der Waals surface area (Å²) in [6, 6.07) is 7.72. The molecule has 8 heteroatoms. The van der Waals surface area contributed by atoms with Gasteiger partial charge in [-0.2, -0.15) is 0 Å². The molecule has 0 aromatic carbocycles. The summed E-state index contributed by atoms with van der Waals surface area (Å²) in [5, 5.41) is 8.61. The quantitative estimate of drug-likeness (QED) is 0.721. The highest BCUT2D eigenvalue weighted by Gasteiger charge is 2.21. The van der Waals surface area contributed by atoms with Crippen LogP contribution in [0.15, 0.2) is 49.2 Å². The lowest BCUT2D eigenvalue weighted by Gasteiger charge is -2.35. The minimum atomic E-state index is -0.392. The fraction of sp³-hybridized carbons (Fsp3) is 0.235. The number of nitrogens with zero attached hydrogens (tertiary/aromatic N) is 7. The van der Waals surface area contributed by atoms with Gasteiger partial charge in [0.2, 0.25) is 0 Å². The van der Waals surface area contributed by atoms with Crippen LogP contribution >= 0.6 is 0 Å². The molecule has 1 fully saturated rings. The van der Waals surface area contributed by atoms with Gasteiger partial charge in [0.1, 0.15) is 6.33 Å². The summed E-state index contributed by atoms with van der Waals surface area (Å²) in [5.74, 6) is 0.777. The van der Waals surface area contributed by atoms with Crippen molar-refractivity contribution in [3.8, 4) is 11.3 Å². The van der Waals surface area contributed by atoms with E-state index in [2.05, 4.69) is 30.0 Å². The van der Waals surface area contributed by atoms with Gasteiger partial charge in [-0.1, -0.05) is 0 Å². The Balaban J connectivity index is 1.43. The molecule has 0 saturated carbocycles. The second kappa shape index (κ2) is 6.76. The molecule has 7 nitrogen and oxygen atoms in total. The zero-order chi connectivity index (χ0) is 17.1. The first kappa shape index (κ1) is 15.4. The van der Waals surface area contributed by atoms with Crippen LogP contribution in [0.2, 0.25) is 0 Å². The highest BCUT2D eigenvalue weighted by Crippen LogP contribution is 2.21. The van der Waals surface area contributed by atoms with Gasteiger partial charge in [-0.25, -0.2) is 14.4 Å². The molecule has 3 aromatic rings. The Morgan fingerprint density at radius 1 is 0.880 bits per heavy atom. The molecule has 0 amide bonds. The third kappa shape index (κ3) is 3.23. The molecule has 0 bridgehead atoms. The lowest BCUT2D eigenvalue weighted by molar-refractivity contribution is 0.580. The third-order valence-electron chi connectivity index (χ3n) is 4.16. The highest BCUT2D eigenvalue weighted by molar-refractivity contribution is 5.58. The summed E-state index contributed by atoms with van der Waals surface area (Å²) in [6.45, 7) is 2.79. The molecule has 1 aliphatic heterocycles. The molecule has 4 heterocycles. The van der Waals surface area contributed by atoms with Crippen LogP contribution in [0.5, 0.6) is 0 Å². The number of pyridine rings is 1. The van der Waals surface area contributed by atoms with Crippen LogP contribution in [0.3, 0.4) is 0 Å². The van der Waals surface area contributed by atoms with Crippen molar-refractivity contribution in [2.24, 2.45) is 0 Å². The van der Waals surface area contributed by atoms with E-state index < -0.39 is 5.82 Å². The van der Waals surface area contributed by atoms with Crippen molar-refractivity contribution in [3.05, 3.63) is 55.0 Å². The first-order chi connectivity index (χ1) is 12.3. The van der Waals surface area contributed by atoms with Gasteiger partial charge < -0.3 is 9.80 Å². The predicted molar refractivity (Wildman–Crippen MR) is 91.7 cm³/mol. The average Bonchev–Trinajstić information content (AvgIpc) is 2.69. The zero-order valence-electron chi connectivity index (χ0n) is 13.5. The zero-order valence-corrected chi connectivity index (χ0v) is 13.5. The van der Waals surface area contributed by atoms with Gasteiger partial charge in [0, 0.05) is 44.1 Å². The van der Waals surface area contributed by atoms with Crippen LogP contribution < -0.4 is 9.80 Å². The van der Waals surface area contributed by atoms with Gasteiger partial charge in [0.25, 0.3) is 0 Å². The van der Waals surface area contributed by atoms with Gasteiger partial charge in [0.15, 0.2) is 17.5 Å². The van der Waals surface area contributed by atoms with E-state index in [0.717, 1.165) is 30.2 Å². The largest absolute Gasteiger partial charge is 0.352 e. The summed E-state index contributed by atoms with van der Waals surface area (Å²) >= 11 is 0. The number of hydrogen-bond donors (Lipinski definition) is 0. The Labute approximate surface area is 144 Å². The van der Waals surface area contributed by atoms with Crippen molar-refractivity contribution in [3.63, 3.8) is 0 Å². The van der Waals surface area contributed by atoms with Crippen molar-refractivity contribution in [1.29, 1.82) is 0 Å². The number of hydrogen-bond acceptors (Lipinski definition) is 7. The van der Waals surface area contributed by atoms with Gasteiger partial charge in [-0.3, -0.25) is 4.98 Å². The van der Waals surface area contributed by atoms with Crippen molar-refractivity contribution in [1.82, 2.24) is 25.1 Å². The monoisotopic (exact) mass is 337 g/mol. The van der Waals surface area contributed by atoms with Gasteiger partial charge >= 0.3 is 0 Å². The van der Waals surface area contributed by atoms with E-state index >= 15 is 0 Å². The topological polar surface area (TPSA) is 70.9 Å². The number of rotatable bonds is 3. The Hall–Kier alpha value is -3.16. The maximum atomic E-state index is 13.8. The Morgan fingerprint density at radius 3 is 2.40 bits per heavy atom. The summed E-state index contributed by atoms with van der Waals surface area (Å²) in [7, 11) is 0. The van der Waals surface area contributed by atoms with Crippen molar-refractivity contribution >= 4 is 11.6 Å². The Bertz CT molecular complexity index is 833. The second-order valence-corrected chi connectivity index (χ2v) is 5.69. The first-order valence-corrected chi connectivity index (χ1v) is 8.01. The first-order valence-electron chi connectivity index (χ1n) is 8.01. The van der Waals surface area contributed by atoms with E-state index in [1.54, 1.807) is 12.4 Å². The number of aromatic nitrogens is 5. The van der Waals surface area contributed by atoms with E-state index in [9.17, 15) is 4.39 Å². The van der Waals surface area contributed by atoms with Crippen molar-refractivity contribution in [2.75, 3.05) is 36.0 Å². The Kier molecular flexibility index (Phi) is 4.16. The van der Waals surface area contributed by atoms with Crippen LogP contribution in [0, 0.1) is 5.82 Å². The number of halogens is 1. The smallest absolute Gasteiger partial charge is 0.183 e. The van der Waals surface area contributed by atoms with E-state index in [0.29, 0.717) is 18.9 Å². The molecule has 126 valence electrons. The maximum Gasteiger partial charge on any atom is 0.183 e. The van der Waals surface area contributed by atoms with E-state index in [-0.39, 0.29) is 0 Å². The van der Waals surface area contributed by atoms with E-state index in [1.807, 2.05) is 29.2 Å². The lowest BCUT2D eigenvalue weighted by atomic mass is 10.2.